The van der Waals surface area contributed by atoms with Crippen molar-refractivity contribution < 1.29 is 9.53 Å². The second kappa shape index (κ2) is 9.20. The second-order valence-electron chi connectivity index (χ2n) is 7.96. The van der Waals surface area contributed by atoms with Crippen LogP contribution < -0.4 is 10.6 Å². The zero-order valence-electron chi connectivity index (χ0n) is 15.7. The van der Waals surface area contributed by atoms with Crippen molar-refractivity contribution in [2.45, 2.75) is 44.4 Å². The Morgan fingerprint density at radius 1 is 1.35 bits per heavy atom. The maximum Gasteiger partial charge on any atom is 0.220 e. The highest BCUT2D eigenvalue weighted by atomic mass is 35.5. The standard InChI is InChI=1S/C21H31ClN2O2/c1-16(17-3-2-10-23-14-17)13-20(25)24-15-21(8-11-26-12-9-21)18-4-6-19(22)7-5-18/h4-7,16-17,23H,2-3,8-15H2,1H3,(H,24,25). The van der Waals surface area contributed by atoms with Crippen molar-refractivity contribution in [2.75, 3.05) is 32.8 Å². The number of nitrogens with one attached hydrogen (secondary N) is 2. The van der Waals surface area contributed by atoms with Crippen molar-refractivity contribution >= 4 is 17.5 Å². The lowest BCUT2D eigenvalue weighted by molar-refractivity contribution is -0.122. The zero-order chi connectivity index (χ0) is 18.4. The zero-order valence-corrected chi connectivity index (χ0v) is 16.5. The predicted molar refractivity (Wildman–Crippen MR) is 106 cm³/mol. The Hall–Kier alpha value is -1.10. The molecule has 2 heterocycles. The van der Waals surface area contributed by atoms with E-state index in [4.69, 9.17) is 16.3 Å². The van der Waals surface area contributed by atoms with E-state index in [9.17, 15) is 4.79 Å². The van der Waals surface area contributed by atoms with E-state index in [0.717, 1.165) is 44.2 Å². The molecule has 4 nitrogen and oxygen atoms in total. The van der Waals surface area contributed by atoms with E-state index in [1.807, 2.05) is 12.1 Å². The molecule has 2 saturated heterocycles. The minimum atomic E-state index is -0.0475. The van der Waals surface area contributed by atoms with Crippen molar-refractivity contribution in [3.05, 3.63) is 34.9 Å². The van der Waals surface area contributed by atoms with E-state index in [1.54, 1.807) is 0 Å². The summed E-state index contributed by atoms with van der Waals surface area (Å²) in [5.41, 5.74) is 1.20. The van der Waals surface area contributed by atoms with Crippen molar-refractivity contribution in [2.24, 2.45) is 11.8 Å². The van der Waals surface area contributed by atoms with Crippen LogP contribution in [-0.4, -0.2) is 38.8 Å². The van der Waals surface area contributed by atoms with Gasteiger partial charge in [-0.15, -0.1) is 0 Å². The Bertz CT molecular complexity index is 578. The lowest BCUT2D eigenvalue weighted by Gasteiger charge is -2.38. The third kappa shape index (κ3) is 4.99. The van der Waals surface area contributed by atoms with E-state index in [2.05, 4.69) is 29.7 Å². The quantitative estimate of drug-likeness (QED) is 0.796. The van der Waals surface area contributed by atoms with Gasteiger partial charge in [0.2, 0.25) is 5.91 Å². The molecule has 1 amide bonds. The van der Waals surface area contributed by atoms with E-state index in [-0.39, 0.29) is 11.3 Å². The summed E-state index contributed by atoms with van der Waals surface area (Å²) in [5.74, 6) is 1.20. The van der Waals surface area contributed by atoms with Crippen LogP contribution in [0.3, 0.4) is 0 Å². The number of ether oxygens (including phenoxy) is 1. The van der Waals surface area contributed by atoms with Gasteiger partial charge < -0.3 is 15.4 Å². The van der Waals surface area contributed by atoms with Crippen LogP contribution >= 0.6 is 11.6 Å². The highest BCUT2D eigenvalue weighted by Gasteiger charge is 2.35. The summed E-state index contributed by atoms with van der Waals surface area (Å²) < 4.78 is 5.57. The summed E-state index contributed by atoms with van der Waals surface area (Å²) in [6, 6.07) is 8.06. The summed E-state index contributed by atoms with van der Waals surface area (Å²) in [6.45, 7) is 6.51. The maximum absolute atomic E-state index is 12.6. The third-order valence-corrected chi connectivity index (χ3v) is 6.43. The van der Waals surface area contributed by atoms with Crippen LogP contribution in [0.1, 0.15) is 44.6 Å². The molecule has 0 saturated carbocycles. The number of benzene rings is 1. The van der Waals surface area contributed by atoms with Gasteiger partial charge >= 0.3 is 0 Å². The van der Waals surface area contributed by atoms with Gasteiger partial charge in [0, 0.05) is 36.6 Å². The van der Waals surface area contributed by atoms with Gasteiger partial charge in [0.25, 0.3) is 0 Å². The lowest BCUT2D eigenvalue weighted by Crippen LogP contribution is -2.45. The first-order valence-corrected chi connectivity index (χ1v) is 10.3. The van der Waals surface area contributed by atoms with Gasteiger partial charge in [-0.25, -0.2) is 0 Å². The molecule has 26 heavy (non-hydrogen) atoms. The maximum atomic E-state index is 12.6. The summed E-state index contributed by atoms with van der Waals surface area (Å²) in [7, 11) is 0. The largest absolute Gasteiger partial charge is 0.381 e. The van der Waals surface area contributed by atoms with Gasteiger partial charge in [-0.1, -0.05) is 30.7 Å². The Morgan fingerprint density at radius 3 is 2.73 bits per heavy atom. The number of piperidine rings is 1. The highest BCUT2D eigenvalue weighted by Crippen LogP contribution is 2.35. The molecule has 0 aromatic heterocycles. The summed E-state index contributed by atoms with van der Waals surface area (Å²) in [6.07, 6.45) is 4.91. The Labute approximate surface area is 162 Å². The average molecular weight is 379 g/mol. The smallest absolute Gasteiger partial charge is 0.220 e. The Morgan fingerprint density at radius 2 is 2.08 bits per heavy atom. The average Bonchev–Trinajstić information content (AvgIpc) is 2.68. The molecule has 144 valence electrons. The van der Waals surface area contributed by atoms with Crippen LogP contribution in [0.5, 0.6) is 0 Å². The SMILES string of the molecule is CC(CC(=O)NCC1(c2ccc(Cl)cc2)CCOCC1)C1CCCNC1. The van der Waals surface area contributed by atoms with Gasteiger partial charge in [0.15, 0.2) is 0 Å². The first kappa shape index (κ1) is 19.7. The summed E-state index contributed by atoms with van der Waals surface area (Å²) >= 11 is 6.06. The molecule has 2 aliphatic rings. The van der Waals surface area contributed by atoms with Crippen molar-refractivity contribution in [3.63, 3.8) is 0 Å². The molecule has 0 bridgehead atoms. The first-order valence-electron chi connectivity index (χ1n) is 9.90. The first-order chi connectivity index (χ1) is 12.6. The summed E-state index contributed by atoms with van der Waals surface area (Å²) in [5, 5.41) is 7.42. The molecule has 2 N–H and O–H groups in total. The molecule has 1 aromatic rings. The number of hydrogen-bond acceptors (Lipinski definition) is 3. The van der Waals surface area contributed by atoms with Crippen LogP contribution in [0.4, 0.5) is 0 Å². The van der Waals surface area contributed by atoms with Gasteiger partial charge in [0.1, 0.15) is 0 Å². The number of hydrogen-bond donors (Lipinski definition) is 2. The number of amides is 1. The van der Waals surface area contributed by atoms with Crippen LogP contribution in [0, 0.1) is 11.8 Å². The van der Waals surface area contributed by atoms with Crippen molar-refractivity contribution in [3.8, 4) is 0 Å². The number of carbonyl (C=O) groups excluding carboxylic acids is 1. The van der Waals surface area contributed by atoms with Crippen molar-refractivity contribution in [1.82, 2.24) is 10.6 Å². The number of halogens is 1. The van der Waals surface area contributed by atoms with Gasteiger partial charge in [0.05, 0.1) is 0 Å². The molecule has 3 rings (SSSR count). The van der Waals surface area contributed by atoms with E-state index in [0.29, 0.717) is 24.8 Å². The molecule has 0 spiro atoms. The molecule has 5 heteroatoms. The van der Waals surface area contributed by atoms with Crippen LogP contribution in [0.15, 0.2) is 24.3 Å². The van der Waals surface area contributed by atoms with Gasteiger partial charge in [-0.05, 0) is 68.3 Å². The van der Waals surface area contributed by atoms with E-state index < -0.39 is 0 Å². The molecule has 2 aliphatic heterocycles. The highest BCUT2D eigenvalue weighted by molar-refractivity contribution is 6.30. The topological polar surface area (TPSA) is 50.4 Å². The molecule has 0 radical (unpaired) electrons. The second-order valence-corrected chi connectivity index (χ2v) is 8.40. The minimum absolute atomic E-state index is 0.0475. The fourth-order valence-electron chi connectivity index (χ4n) is 4.30. The fourth-order valence-corrected chi connectivity index (χ4v) is 4.42. The van der Waals surface area contributed by atoms with E-state index in [1.165, 1.54) is 18.4 Å². The third-order valence-electron chi connectivity index (χ3n) is 6.18. The molecular weight excluding hydrogens is 348 g/mol. The van der Waals surface area contributed by atoms with Crippen LogP contribution in [0.2, 0.25) is 5.02 Å². The Balaban J connectivity index is 1.58. The normalized spacial score (nSPS) is 24.0. The fraction of sp³-hybridized carbons (Fsp3) is 0.667. The van der Waals surface area contributed by atoms with Crippen LogP contribution in [0.25, 0.3) is 0 Å². The molecule has 0 aliphatic carbocycles. The summed E-state index contributed by atoms with van der Waals surface area (Å²) in [4.78, 5) is 12.6. The molecule has 2 atom stereocenters. The predicted octanol–water partition coefficient (Wildman–Crippen LogP) is 3.53. The molecule has 2 fully saturated rings. The van der Waals surface area contributed by atoms with Crippen molar-refractivity contribution in [1.29, 1.82) is 0 Å². The molecule has 2 unspecified atom stereocenters. The van der Waals surface area contributed by atoms with Crippen LogP contribution in [-0.2, 0) is 14.9 Å². The number of rotatable bonds is 6. The Kier molecular flexibility index (Phi) is 6.96. The molecular formula is C21H31ClN2O2. The van der Waals surface area contributed by atoms with Gasteiger partial charge in [-0.2, -0.15) is 0 Å². The minimum Gasteiger partial charge on any atom is -0.381 e. The van der Waals surface area contributed by atoms with E-state index >= 15 is 0 Å². The monoisotopic (exact) mass is 378 g/mol. The lowest BCUT2D eigenvalue weighted by atomic mass is 9.74. The molecule has 1 aromatic carbocycles. The number of carbonyl (C=O) groups is 1. The van der Waals surface area contributed by atoms with Gasteiger partial charge in [-0.3, -0.25) is 4.79 Å².